The second-order valence-corrected chi connectivity index (χ2v) is 1.98. The Kier molecular flexibility index (Phi) is 3.63. The maximum absolute atomic E-state index is 11.5. The lowest BCUT2D eigenvalue weighted by Gasteiger charge is -2.13. The second-order valence-electron chi connectivity index (χ2n) is 1.98. The molecule has 0 aliphatic heterocycles. The van der Waals surface area contributed by atoms with Gasteiger partial charge in [0.1, 0.15) is 6.04 Å². The molecule has 0 aliphatic carbocycles. The summed E-state index contributed by atoms with van der Waals surface area (Å²) >= 11 is 0. The highest BCUT2D eigenvalue weighted by atomic mass is 19.4. The highest BCUT2D eigenvalue weighted by Gasteiger charge is 2.35. The molecule has 2 N–H and O–H groups in total. The number of nitrogens with two attached hydrogens (primary N) is 1. The van der Waals surface area contributed by atoms with Gasteiger partial charge in [0.15, 0.2) is 0 Å². The summed E-state index contributed by atoms with van der Waals surface area (Å²) < 4.78 is 45.9. The van der Waals surface area contributed by atoms with Gasteiger partial charge in [0, 0.05) is 0 Å². The van der Waals surface area contributed by atoms with Crippen molar-refractivity contribution in [2.75, 3.05) is 6.67 Å². The van der Waals surface area contributed by atoms with E-state index < -0.39 is 18.9 Å². The maximum Gasteiger partial charge on any atom is 0.403 e. The van der Waals surface area contributed by atoms with Crippen molar-refractivity contribution in [1.82, 2.24) is 0 Å². The lowest BCUT2D eigenvalue weighted by atomic mass is 10.2. The third-order valence-corrected chi connectivity index (χ3v) is 1.07. The molecule has 0 heterocycles. The molecule has 10 heavy (non-hydrogen) atoms. The van der Waals surface area contributed by atoms with Gasteiger partial charge < -0.3 is 5.73 Å². The normalized spacial score (nSPS) is 15.3. The van der Waals surface area contributed by atoms with Gasteiger partial charge in [-0.1, -0.05) is 0 Å². The van der Waals surface area contributed by atoms with Gasteiger partial charge in [-0.05, 0) is 12.8 Å². The molecule has 62 valence electrons. The third kappa shape index (κ3) is 3.66. The summed E-state index contributed by atoms with van der Waals surface area (Å²) in [7, 11) is 0. The second kappa shape index (κ2) is 3.75. The fraction of sp³-hybridized carbons (Fsp3) is 1.00. The van der Waals surface area contributed by atoms with Gasteiger partial charge in [0.2, 0.25) is 0 Å². The Hall–Kier alpha value is -0.320. The number of alkyl halides is 4. The van der Waals surface area contributed by atoms with Gasteiger partial charge in [0.25, 0.3) is 0 Å². The standard InChI is InChI=1S/C5H9F4N/c6-3-1-2-4(10)5(7,8)9/h4H,1-3,10H2. The molecule has 0 saturated carbocycles. The van der Waals surface area contributed by atoms with E-state index >= 15 is 0 Å². The number of hydrogen-bond acceptors (Lipinski definition) is 1. The summed E-state index contributed by atoms with van der Waals surface area (Å²) in [5.41, 5.74) is 4.65. The van der Waals surface area contributed by atoms with Crippen LogP contribution in [-0.4, -0.2) is 18.9 Å². The van der Waals surface area contributed by atoms with Gasteiger partial charge >= 0.3 is 6.18 Å². The van der Waals surface area contributed by atoms with Crippen molar-refractivity contribution >= 4 is 0 Å². The number of rotatable bonds is 3. The van der Waals surface area contributed by atoms with Gasteiger partial charge in [-0.25, -0.2) is 0 Å². The smallest absolute Gasteiger partial charge is 0.320 e. The fourth-order valence-electron chi connectivity index (χ4n) is 0.461. The summed E-state index contributed by atoms with van der Waals surface area (Å²) in [6.45, 7) is -0.746. The van der Waals surface area contributed by atoms with Crippen LogP contribution in [0, 0.1) is 0 Å². The van der Waals surface area contributed by atoms with Gasteiger partial charge in [-0.15, -0.1) is 0 Å². The van der Waals surface area contributed by atoms with Crippen molar-refractivity contribution in [1.29, 1.82) is 0 Å². The molecule has 1 unspecified atom stereocenters. The summed E-state index contributed by atoms with van der Waals surface area (Å²) in [6, 6.07) is -1.87. The van der Waals surface area contributed by atoms with E-state index in [2.05, 4.69) is 5.73 Å². The zero-order valence-electron chi connectivity index (χ0n) is 5.29. The lowest BCUT2D eigenvalue weighted by molar-refractivity contribution is -0.149. The Labute approximate surface area is 56.2 Å². The minimum atomic E-state index is -4.38. The number of hydrogen-bond donors (Lipinski definition) is 1. The summed E-state index contributed by atoms with van der Waals surface area (Å²) in [6.07, 6.45) is -4.84. The van der Waals surface area contributed by atoms with E-state index in [4.69, 9.17) is 0 Å². The molecule has 0 amide bonds. The highest BCUT2D eigenvalue weighted by Crippen LogP contribution is 2.21. The van der Waals surface area contributed by atoms with Crippen LogP contribution in [0.4, 0.5) is 17.6 Å². The molecule has 0 radical (unpaired) electrons. The largest absolute Gasteiger partial charge is 0.403 e. The Bertz CT molecular complexity index is 90.1. The molecule has 0 aromatic heterocycles. The Morgan fingerprint density at radius 3 is 2.10 bits per heavy atom. The van der Waals surface area contributed by atoms with E-state index in [1.807, 2.05) is 0 Å². The van der Waals surface area contributed by atoms with Crippen LogP contribution in [0.15, 0.2) is 0 Å². The molecule has 0 bridgehead atoms. The Morgan fingerprint density at radius 2 is 1.80 bits per heavy atom. The molecule has 0 aromatic rings. The topological polar surface area (TPSA) is 26.0 Å². The maximum atomic E-state index is 11.5. The SMILES string of the molecule is NC(CCCF)C(F)(F)F. The zero-order valence-corrected chi connectivity index (χ0v) is 5.29. The minimum Gasteiger partial charge on any atom is -0.320 e. The Morgan fingerprint density at radius 1 is 1.30 bits per heavy atom. The molecule has 1 nitrogen and oxygen atoms in total. The van der Waals surface area contributed by atoms with Gasteiger partial charge in [-0.3, -0.25) is 4.39 Å². The van der Waals surface area contributed by atoms with E-state index in [0.717, 1.165) is 0 Å². The van der Waals surface area contributed by atoms with Crippen molar-refractivity contribution < 1.29 is 17.6 Å². The van der Waals surface area contributed by atoms with Crippen molar-refractivity contribution in [2.45, 2.75) is 25.1 Å². The summed E-state index contributed by atoms with van der Waals surface area (Å²) in [5.74, 6) is 0. The first kappa shape index (κ1) is 9.68. The van der Waals surface area contributed by atoms with Crippen LogP contribution >= 0.6 is 0 Å². The first-order chi connectivity index (χ1) is 4.48. The molecule has 0 spiro atoms. The van der Waals surface area contributed by atoms with Crippen LogP contribution in [-0.2, 0) is 0 Å². The molecule has 1 atom stereocenters. The predicted octanol–water partition coefficient (Wildman–Crippen LogP) is 1.63. The van der Waals surface area contributed by atoms with E-state index in [1.165, 1.54) is 0 Å². The molecule has 0 aromatic carbocycles. The summed E-state index contributed by atoms with van der Waals surface area (Å²) in [4.78, 5) is 0. The minimum absolute atomic E-state index is 0.124. The van der Waals surface area contributed by atoms with E-state index in [0.29, 0.717) is 0 Å². The quantitative estimate of drug-likeness (QED) is 0.622. The molecule has 0 aliphatic rings. The summed E-state index contributed by atoms with van der Waals surface area (Å²) in [5, 5.41) is 0. The van der Waals surface area contributed by atoms with Crippen LogP contribution in [0.3, 0.4) is 0 Å². The van der Waals surface area contributed by atoms with Crippen molar-refractivity contribution in [3.8, 4) is 0 Å². The molecule has 5 heteroatoms. The third-order valence-electron chi connectivity index (χ3n) is 1.07. The average molecular weight is 159 g/mol. The molecule has 0 saturated heterocycles. The zero-order chi connectivity index (χ0) is 8.20. The molecular weight excluding hydrogens is 150 g/mol. The van der Waals surface area contributed by atoms with Crippen LogP contribution in [0.2, 0.25) is 0 Å². The number of halogens is 4. The van der Waals surface area contributed by atoms with Crippen LogP contribution < -0.4 is 5.73 Å². The van der Waals surface area contributed by atoms with Crippen LogP contribution in [0.25, 0.3) is 0 Å². The van der Waals surface area contributed by atoms with Crippen LogP contribution in [0.1, 0.15) is 12.8 Å². The highest BCUT2D eigenvalue weighted by molar-refractivity contribution is 4.69. The van der Waals surface area contributed by atoms with Crippen LogP contribution in [0.5, 0.6) is 0 Å². The van der Waals surface area contributed by atoms with Crippen molar-refractivity contribution in [2.24, 2.45) is 5.73 Å². The van der Waals surface area contributed by atoms with E-state index in [9.17, 15) is 17.6 Å². The fourth-order valence-corrected chi connectivity index (χ4v) is 0.461. The lowest BCUT2D eigenvalue weighted by Crippen LogP contribution is -2.37. The Balaban J connectivity index is 3.52. The first-order valence-electron chi connectivity index (χ1n) is 2.86. The average Bonchev–Trinajstić information content (AvgIpc) is 1.80. The molecule has 0 fully saturated rings. The van der Waals surface area contributed by atoms with E-state index in [1.54, 1.807) is 0 Å². The molecular formula is C5H9F4N. The van der Waals surface area contributed by atoms with Gasteiger partial charge in [-0.2, -0.15) is 13.2 Å². The first-order valence-corrected chi connectivity index (χ1v) is 2.86. The monoisotopic (exact) mass is 159 g/mol. The van der Waals surface area contributed by atoms with E-state index in [-0.39, 0.29) is 12.8 Å². The van der Waals surface area contributed by atoms with Crippen molar-refractivity contribution in [3.05, 3.63) is 0 Å². The van der Waals surface area contributed by atoms with Crippen molar-refractivity contribution in [3.63, 3.8) is 0 Å². The van der Waals surface area contributed by atoms with Gasteiger partial charge in [0.05, 0.1) is 6.67 Å². The predicted molar refractivity (Wildman–Crippen MR) is 29.2 cm³/mol. The molecule has 0 rings (SSSR count).